The Balaban J connectivity index is 0.00000289. The predicted octanol–water partition coefficient (Wildman–Crippen LogP) is 0.524. The van der Waals surface area contributed by atoms with Crippen molar-refractivity contribution in [1.82, 2.24) is 0 Å². The topological polar surface area (TPSA) is 110 Å². The van der Waals surface area contributed by atoms with Gasteiger partial charge in [-0.05, 0) is 82.5 Å². The standard InChI is InChI=1S/C21H30F2O7S.Na/c1-2-20(5-3-4-6-20)30-17(25)19-10-14-7-15(11-19)9-18(8-14,12-19)16(24)29-13-21(22,23)31(26,27)28;/h14-15H,2-13H2,1H3,(H,26,27,28);/q;+1/p-1/t14-,15+,18?,19?;. The van der Waals surface area contributed by atoms with Crippen molar-refractivity contribution < 1.29 is 70.4 Å². The molecule has 5 saturated carbocycles. The van der Waals surface area contributed by atoms with Gasteiger partial charge in [-0.2, -0.15) is 8.78 Å². The molecule has 0 aromatic carbocycles. The van der Waals surface area contributed by atoms with Crippen molar-refractivity contribution in [2.75, 3.05) is 6.61 Å². The minimum atomic E-state index is -5.94. The Hall–Kier alpha value is -0.290. The summed E-state index contributed by atoms with van der Waals surface area (Å²) in [7, 11) is -5.94. The van der Waals surface area contributed by atoms with Crippen LogP contribution in [0.25, 0.3) is 0 Å². The summed E-state index contributed by atoms with van der Waals surface area (Å²) in [5, 5.41) is -4.68. The van der Waals surface area contributed by atoms with Crippen LogP contribution in [0.1, 0.15) is 77.6 Å². The number of rotatable bonds is 7. The first-order valence-corrected chi connectivity index (χ1v) is 12.5. The Bertz CT molecular complexity index is 855. The van der Waals surface area contributed by atoms with Gasteiger partial charge in [0.15, 0.2) is 16.7 Å². The Morgan fingerprint density at radius 2 is 1.53 bits per heavy atom. The number of hydrogen-bond donors (Lipinski definition) is 0. The molecular formula is C21H29F2NaO7S. The molecule has 0 saturated heterocycles. The second-order valence-electron chi connectivity index (χ2n) is 10.3. The SMILES string of the molecule is CCC1(OC(=O)C23C[C@@H]4C[C@@H](CC(C(=O)OCC(F)(F)S(=O)(=O)[O-])(C4)C2)C3)CCCC1.[Na+]. The van der Waals surface area contributed by atoms with Crippen LogP contribution < -0.4 is 29.6 Å². The average molecular weight is 487 g/mol. The van der Waals surface area contributed by atoms with E-state index in [-0.39, 0.29) is 53.8 Å². The fourth-order valence-corrected chi connectivity index (χ4v) is 7.17. The molecule has 5 rings (SSSR count). The summed E-state index contributed by atoms with van der Waals surface area (Å²) in [5.74, 6) is -1.05. The molecule has 0 aromatic heterocycles. The molecular weight excluding hydrogens is 457 g/mol. The third kappa shape index (κ3) is 4.51. The quantitative estimate of drug-likeness (QED) is 0.293. The van der Waals surface area contributed by atoms with Crippen LogP contribution in [-0.2, 0) is 29.2 Å². The second-order valence-corrected chi connectivity index (χ2v) is 11.8. The molecule has 0 amide bonds. The van der Waals surface area contributed by atoms with Gasteiger partial charge in [0, 0.05) is 0 Å². The van der Waals surface area contributed by atoms with Crippen molar-refractivity contribution in [3.8, 4) is 0 Å². The van der Waals surface area contributed by atoms with Crippen LogP contribution in [0.3, 0.4) is 0 Å². The predicted molar refractivity (Wildman–Crippen MR) is 103 cm³/mol. The normalized spacial score (nSPS) is 35.2. The van der Waals surface area contributed by atoms with E-state index in [1.807, 2.05) is 6.92 Å². The smallest absolute Gasteiger partial charge is 0.743 e. The van der Waals surface area contributed by atoms with Gasteiger partial charge in [0.1, 0.15) is 5.60 Å². The summed E-state index contributed by atoms with van der Waals surface area (Å²) in [6.45, 7) is 0.201. The molecule has 11 heteroatoms. The first-order chi connectivity index (χ1) is 14.3. The van der Waals surface area contributed by atoms with Crippen LogP contribution in [-0.4, -0.2) is 42.4 Å². The minimum absolute atomic E-state index is 0. The van der Waals surface area contributed by atoms with E-state index in [0.717, 1.165) is 38.5 Å². The van der Waals surface area contributed by atoms with Gasteiger partial charge in [-0.1, -0.05) is 6.92 Å². The largest absolute Gasteiger partial charge is 1.00 e. The van der Waals surface area contributed by atoms with Crippen LogP contribution in [0.2, 0.25) is 0 Å². The molecule has 4 atom stereocenters. The van der Waals surface area contributed by atoms with E-state index >= 15 is 0 Å². The number of ether oxygens (including phenoxy) is 2. The summed E-state index contributed by atoms with van der Waals surface area (Å²) in [5.41, 5.74) is -2.40. The van der Waals surface area contributed by atoms with Crippen LogP contribution in [0.4, 0.5) is 8.78 Å². The Morgan fingerprint density at radius 3 is 2.00 bits per heavy atom. The zero-order valence-corrected chi connectivity index (χ0v) is 21.5. The average Bonchev–Trinajstić information content (AvgIpc) is 3.13. The molecule has 0 aromatic rings. The summed E-state index contributed by atoms with van der Waals surface area (Å²) >= 11 is 0. The van der Waals surface area contributed by atoms with Gasteiger partial charge in [-0.15, -0.1) is 0 Å². The van der Waals surface area contributed by atoms with Crippen molar-refractivity contribution in [3.63, 3.8) is 0 Å². The third-order valence-electron chi connectivity index (χ3n) is 8.13. The van der Waals surface area contributed by atoms with Gasteiger partial charge in [-0.3, -0.25) is 9.59 Å². The molecule has 0 heterocycles. The van der Waals surface area contributed by atoms with Gasteiger partial charge in [-0.25, -0.2) is 8.42 Å². The number of esters is 2. The number of halogens is 2. The molecule has 176 valence electrons. The molecule has 2 unspecified atom stereocenters. The molecule has 5 aliphatic carbocycles. The van der Waals surface area contributed by atoms with E-state index < -0.39 is 44.4 Å². The summed E-state index contributed by atoms with van der Waals surface area (Å²) < 4.78 is 70.0. The third-order valence-corrected chi connectivity index (χ3v) is 8.98. The summed E-state index contributed by atoms with van der Waals surface area (Å²) in [4.78, 5) is 26.3. The van der Waals surface area contributed by atoms with Crippen LogP contribution >= 0.6 is 0 Å². The first-order valence-electron chi connectivity index (χ1n) is 11.1. The molecule has 32 heavy (non-hydrogen) atoms. The van der Waals surface area contributed by atoms with E-state index in [9.17, 15) is 31.3 Å². The molecule has 0 N–H and O–H groups in total. The number of hydrogen-bond acceptors (Lipinski definition) is 7. The Morgan fingerprint density at radius 1 is 1.03 bits per heavy atom. The number of alkyl halides is 2. The van der Waals surface area contributed by atoms with Crippen LogP contribution in [0.5, 0.6) is 0 Å². The van der Waals surface area contributed by atoms with E-state index in [2.05, 4.69) is 0 Å². The van der Waals surface area contributed by atoms with Crippen LogP contribution in [0, 0.1) is 22.7 Å². The van der Waals surface area contributed by atoms with Gasteiger partial charge in [0.2, 0.25) is 0 Å². The van der Waals surface area contributed by atoms with Gasteiger partial charge >= 0.3 is 46.8 Å². The van der Waals surface area contributed by atoms with E-state index in [0.29, 0.717) is 25.7 Å². The van der Waals surface area contributed by atoms with E-state index in [1.165, 1.54) is 0 Å². The Kier molecular flexibility index (Phi) is 7.18. The van der Waals surface area contributed by atoms with Crippen molar-refractivity contribution in [2.24, 2.45) is 22.7 Å². The maximum atomic E-state index is 13.5. The number of carbonyl (C=O) groups excluding carboxylic acids is 2. The van der Waals surface area contributed by atoms with E-state index in [1.54, 1.807) is 0 Å². The van der Waals surface area contributed by atoms with Crippen molar-refractivity contribution >= 4 is 22.1 Å². The fraction of sp³-hybridized carbons (Fsp3) is 0.905. The van der Waals surface area contributed by atoms with Gasteiger partial charge < -0.3 is 14.0 Å². The maximum absolute atomic E-state index is 13.5. The van der Waals surface area contributed by atoms with E-state index in [4.69, 9.17) is 9.47 Å². The van der Waals surface area contributed by atoms with Crippen molar-refractivity contribution in [2.45, 2.75) is 88.4 Å². The molecule has 0 aliphatic heterocycles. The molecule has 7 nitrogen and oxygen atoms in total. The molecule has 0 spiro atoms. The van der Waals surface area contributed by atoms with Gasteiger partial charge in [0.25, 0.3) is 0 Å². The molecule has 0 radical (unpaired) electrons. The van der Waals surface area contributed by atoms with Gasteiger partial charge in [0.05, 0.1) is 10.8 Å². The molecule has 5 aliphatic rings. The monoisotopic (exact) mass is 486 g/mol. The Labute approximate surface area is 209 Å². The zero-order valence-electron chi connectivity index (χ0n) is 18.7. The maximum Gasteiger partial charge on any atom is 1.00 e. The summed E-state index contributed by atoms with van der Waals surface area (Å²) in [6.07, 6.45) is 7.50. The first kappa shape index (κ1) is 26.3. The second kappa shape index (κ2) is 8.73. The van der Waals surface area contributed by atoms with Crippen LogP contribution in [0.15, 0.2) is 0 Å². The zero-order chi connectivity index (χ0) is 22.7. The fourth-order valence-electron chi connectivity index (χ4n) is 6.97. The minimum Gasteiger partial charge on any atom is -0.743 e. The number of carbonyl (C=O) groups is 2. The van der Waals surface area contributed by atoms with Crippen molar-refractivity contribution in [3.05, 3.63) is 0 Å². The van der Waals surface area contributed by atoms with Crippen molar-refractivity contribution in [1.29, 1.82) is 0 Å². The summed E-state index contributed by atoms with van der Waals surface area (Å²) in [6, 6.07) is 0. The molecule has 5 fully saturated rings. The molecule has 4 bridgehead atoms.